The van der Waals surface area contributed by atoms with E-state index in [4.69, 9.17) is 5.73 Å². The molecule has 0 saturated carbocycles. The fourth-order valence-corrected chi connectivity index (χ4v) is 1.95. The lowest BCUT2D eigenvalue weighted by Gasteiger charge is -2.17. The van der Waals surface area contributed by atoms with Gasteiger partial charge in [-0.2, -0.15) is 0 Å². The van der Waals surface area contributed by atoms with Gasteiger partial charge in [-0.1, -0.05) is 18.2 Å². The Morgan fingerprint density at radius 3 is 2.43 bits per heavy atom. The first kappa shape index (κ1) is 15.0. The average molecular weight is 290 g/mol. The van der Waals surface area contributed by atoms with Crippen LogP contribution in [0.5, 0.6) is 0 Å². The molecule has 2 aromatic rings. The number of nitrogen functional groups attached to an aromatic ring is 1. The Balaban J connectivity index is 2.00. The van der Waals surface area contributed by atoms with Crippen molar-refractivity contribution in [2.75, 3.05) is 12.8 Å². The maximum absolute atomic E-state index is 13.5. The Hall–Kier alpha value is -2.43. The van der Waals surface area contributed by atoms with E-state index in [2.05, 4.69) is 0 Å². The molecule has 0 atom stereocenters. The lowest BCUT2D eigenvalue weighted by atomic mass is 10.1. The lowest BCUT2D eigenvalue weighted by Crippen LogP contribution is -2.28. The van der Waals surface area contributed by atoms with Gasteiger partial charge in [-0.15, -0.1) is 0 Å². The molecule has 110 valence electrons. The minimum atomic E-state index is -0.704. The summed E-state index contributed by atoms with van der Waals surface area (Å²) in [6.45, 7) is 0.405. The molecule has 21 heavy (non-hydrogen) atoms. The second-order valence-corrected chi connectivity index (χ2v) is 4.90. The lowest BCUT2D eigenvalue weighted by molar-refractivity contribution is -0.129. The molecule has 0 aliphatic rings. The number of nitrogens with two attached hydrogens (primary N) is 1. The van der Waals surface area contributed by atoms with Gasteiger partial charge in [-0.3, -0.25) is 4.79 Å². The number of carbonyl (C=O) groups excluding carboxylic acids is 1. The molecule has 0 aliphatic carbocycles. The van der Waals surface area contributed by atoms with Gasteiger partial charge >= 0.3 is 0 Å². The summed E-state index contributed by atoms with van der Waals surface area (Å²) in [7, 11) is 1.64. The van der Waals surface area contributed by atoms with Crippen LogP contribution in [0, 0.1) is 11.6 Å². The molecule has 0 fully saturated rings. The van der Waals surface area contributed by atoms with Crippen molar-refractivity contribution in [3.05, 3.63) is 65.2 Å². The van der Waals surface area contributed by atoms with Gasteiger partial charge in [0.1, 0.15) is 11.6 Å². The number of likely N-dealkylation sites (N-methyl/N-ethyl adjacent to an activating group) is 1. The van der Waals surface area contributed by atoms with E-state index >= 15 is 0 Å². The monoisotopic (exact) mass is 290 g/mol. The van der Waals surface area contributed by atoms with Gasteiger partial charge in [0.15, 0.2) is 0 Å². The number of anilines is 1. The maximum Gasteiger partial charge on any atom is 0.227 e. The number of hydrogen-bond acceptors (Lipinski definition) is 2. The Morgan fingerprint density at radius 2 is 1.81 bits per heavy atom. The molecule has 5 heteroatoms. The molecular formula is C16H16F2N2O. The van der Waals surface area contributed by atoms with Crippen LogP contribution in [0.1, 0.15) is 11.1 Å². The van der Waals surface area contributed by atoms with Crippen LogP contribution in [0.25, 0.3) is 0 Å². The number of halogens is 2. The summed E-state index contributed by atoms with van der Waals surface area (Å²) in [4.78, 5) is 13.6. The van der Waals surface area contributed by atoms with Crippen LogP contribution in [0.15, 0.2) is 42.5 Å². The number of hydrogen-bond donors (Lipinski definition) is 1. The number of benzene rings is 2. The zero-order valence-electron chi connectivity index (χ0n) is 11.6. The maximum atomic E-state index is 13.5. The van der Waals surface area contributed by atoms with Crippen LogP contribution < -0.4 is 5.73 Å². The summed E-state index contributed by atoms with van der Waals surface area (Å²) in [5.74, 6) is -1.60. The normalized spacial score (nSPS) is 10.4. The molecule has 0 saturated heterocycles. The standard InChI is InChI=1S/C16H16F2N2O/c1-20(10-11-2-6-14(19)7-3-11)16(21)8-12-4-5-13(17)9-15(12)18/h2-7,9H,8,10,19H2,1H3. The molecule has 2 N–H and O–H groups in total. The first-order chi connectivity index (χ1) is 9.95. The summed E-state index contributed by atoms with van der Waals surface area (Å²) in [5.41, 5.74) is 7.37. The molecule has 0 bridgehead atoms. The topological polar surface area (TPSA) is 46.3 Å². The highest BCUT2D eigenvalue weighted by atomic mass is 19.1. The quantitative estimate of drug-likeness (QED) is 0.880. The molecule has 0 radical (unpaired) electrons. The van der Waals surface area contributed by atoms with Gasteiger partial charge in [0.05, 0.1) is 6.42 Å². The number of carbonyl (C=O) groups is 1. The average Bonchev–Trinajstić information content (AvgIpc) is 2.44. The van der Waals surface area contributed by atoms with Gasteiger partial charge in [0.25, 0.3) is 0 Å². The van der Waals surface area contributed by atoms with E-state index in [1.807, 2.05) is 12.1 Å². The molecule has 0 unspecified atom stereocenters. The largest absolute Gasteiger partial charge is 0.399 e. The van der Waals surface area contributed by atoms with E-state index < -0.39 is 11.6 Å². The predicted octanol–water partition coefficient (Wildman–Crippen LogP) is 2.75. The Bertz CT molecular complexity index is 641. The second-order valence-electron chi connectivity index (χ2n) is 4.90. The van der Waals surface area contributed by atoms with E-state index in [0.29, 0.717) is 12.2 Å². The van der Waals surface area contributed by atoms with Crippen LogP contribution in [-0.2, 0) is 17.8 Å². The van der Waals surface area contributed by atoms with Crippen LogP contribution in [0.4, 0.5) is 14.5 Å². The Morgan fingerprint density at radius 1 is 1.14 bits per heavy atom. The van der Waals surface area contributed by atoms with Gasteiger partial charge < -0.3 is 10.6 Å². The van der Waals surface area contributed by atoms with Crippen LogP contribution in [0.2, 0.25) is 0 Å². The van der Waals surface area contributed by atoms with Crippen molar-refractivity contribution in [3.8, 4) is 0 Å². The zero-order chi connectivity index (χ0) is 15.4. The van der Waals surface area contributed by atoms with Crippen molar-refractivity contribution in [2.45, 2.75) is 13.0 Å². The first-order valence-electron chi connectivity index (χ1n) is 6.48. The van der Waals surface area contributed by atoms with Crippen LogP contribution >= 0.6 is 0 Å². The van der Waals surface area contributed by atoms with Crippen molar-refractivity contribution >= 4 is 11.6 Å². The Kier molecular flexibility index (Phi) is 4.52. The van der Waals surface area contributed by atoms with Gasteiger partial charge in [0, 0.05) is 25.3 Å². The van der Waals surface area contributed by atoms with Gasteiger partial charge in [-0.25, -0.2) is 8.78 Å². The molecule has 1 amide bonds. The minimum absolute atomic E-state index is 0.0996. The van der Waals surface area contributed by atoms with Gasteiger partial charge in [-0.05, 0) is 29.3 Å². The summed E-state index contributed by atoms with van der Waals surface area (Å²) in [6, 6.07) is 10.4. The summed E-state index contributed by atoms with van der Waals surface area (Å²) in [6.07, 6.45) is -0.0996. The second kappa shape index (κ2) is 6.35. The molecule has 2 rings (SSSR count). The highest BCUT2D eigenvalue weighted by molar-refractivity contribution is 5.78. The predicted molar refractivity (Wildman–Crippen MR) is 77.4 cm³/mol. The van der Waals surface area contributed by atoms with Crippen LogP contribution in [0.3, 0.4) is 0 Å². The molecular weight excluding hydrogens is 274 g/mol. The highest BCUT2D eigenvalue weighted by Gasteiger charge is 2.13. The van der Waals surface area contributed by atoms with Crippen molar-refractivity contribution in [2.24, 2.45) is 0 Å². The molecule has 0 aliphatic heterocycles. The number of nitrogens with zero attached hydrogens (tertiary/aromatic N) is 1. The third-order valence-electron chi connectivity index (χ3n) is 3.18. The molecule has 3 nitrogen and oxygen atoms in total. The zero-order valence-corrected chi connectivity index (χ0v) is 11.6. The number of amides is 1. The summed E-state index contributed by atoms with van der Waals surface area (Å²) < 4.78 is 26.3. The van der Waals surface area contributed by atoms with E-state index in [0.717, 1.165) is 17.7 Å². The fourth-order valence-electron chi connectivity index (χ4n) is 1.95. The van der Waals surface area contributed by atoms with Crippen LogP contribution in [-0.4, -0.2) is 17.9 Å². The van der Waals surface area contributed by atoms with Gasteiger partial charge in [0.2, 0.25) is 5.91 Å². The van der Waals surface area contributed by atoms with Crippen molar-refractivity contribution < 1.29 is 13.6 Å². The highest BCUT2D eigenvalue weighted by Crippen LogP contribution is 2.13. The summed E-state index contributed by atoms with van der Waals surface area (Å²) in [5, 5.41) is 0. The molecule has 0 spiro atoms. The molecule has 0 aromatic heterocycles. The SMILES string of the molecule is CN(Cc1ccc(N)cc1)C(=O)Cc1ccc(F)cc1F. The summed E-state index contributed by atoms with van der Waals surface area (Å²) >= 11 is 0. The third kappa shape index (κ3) is 4.02. The van der Waals surface area contributed by atoms with E-state index in [1.165, 1.54) is 11.0 Å². The minimum Gasteiger partial charge on any atom is -0.399 e. The van der Waals surface area contributed by atoms with E-state index in [1.54, 1.807) is 19.2 Å². The first-order valence-corrected chi connectivity index (χ1v) is 6.48. The third-order valence-corrected chi connectivity index (χ3v) is 3.18. The van der Waals surface area contributed by atoms with E-state index in [9.17, 15) is 13.6 Å². The van der Waals surface area contributed by atoms with Crippen molar-refractivity contribution in [1.82, 2.24) is 4.90 Å². The van der Waals surface area contributed by atoms with Crippen molar-refractivity contribution in [1.29, 1.82) is 0 Å². The molecule has 2 aromatic carbocycles. The fraction of sp³-hybridized carbons (Fsp3) is 0.188. The Labute approximate surface area is 122 Å². The molecule has 0 heterocycles. The van der Waals surface area contributed by atoms with E-state index in [-0.39, 0.29) is 17.9 Å². The smallest absolute Gasteiger partial charge is 0.227 e. The number of rotatable bonds is 4. The van der Waals surface area contributed by atoms with Crippen molar-refractivity contribution in [3.63, 3.8) is 0 Å².